The van der Waals surface area contributed by atoms with Gasteiger partial charge in [0.05, 0.1) is 11.7 Å². The highest BCUT2D eigenvalue weighted by Gasteiger charge is 2.47. The maximum Gasteiger partial charge on any atom is 0.336 e. The normalized spacial score (nSPS) is 28.4. The van der Waals surface area contributed by atoms with E-state index in [4.69, 9.17) is 10.5 Å². The van der Waals surface area contributed by atoms with E-state index in [9.17, 15) is 9.59 Å². The molecule has 1 amide bonds. The van der Waals surface area contributed by atoms with Crippen molar-refractivity contribution in [2.24, 2.45) is 5.73 Å². The Morgan fingerprint density at radius 1 is 1.69 bits per heavy atom. The smallest absolute Gasteiger partial charge is 0.336 e. The number of fused-ring (bicyclic) bond motifs is 1. The van der Waals surface area contributed by atoms with Crippen LogP contribution in [-0.2, 0) is 14.3 Å². The summed E-state index contributed by atoms with van der Waals surface area (Å²) >= 11 is 1.50. The second kappa shape index (κ2) is 4.10. The summed E-state index contributed by atoms with van der Waals surface area (Å²) in [6.07, 6.45) is 1.42. The lowest BCUT2D eigenvalue weighted by molar-refractivity contribution is -0.143. The van der Waals surface area contributed by atoms with Gasteiger partial charge in [-0.25, -0.2) is 4.79 Å². The summed E-state index contributed by atoms with van der Waals surface area (Å²) in [7, 11) is 0. The van der Waals surface area contributed by atoms with Crippen molar-refractivity contribution < 1.29 is 14.3 Å². The SMILES string of the molecule is CC(C)OC(=O)C1=CN2C(=O)C(N)[C@H]2SC1. The third-order valence-electron chi connectivity index (χ3n) is 2.43. The van der Waals surface area contributed by atoms with Crippen LogP contribution in [0.4, 0.5) is 0 Å². The Kier molecular flexibility index (Phi) is 2.94. The van der Waals surface area contributed by atoms with Gasteiger partial charge in [0, 0.05) is 12.0 Å². The Bertz CT molecular complexity index is 367. The molecule has 2 atom stereocenters. The van der Waals surface area contributed by atoms with E-state index in [0.717, 1.165) is 0 Å². The maximum absolute atomic E-state index is 11.6. The van der Waals surface area contributed by atoms with E-state index < -0.39 is 6.04 Å². The van der Waals surface area contributed by atoms with Crippen LogP contribution in [0.5, 0.6) is 0 Å². The third kappa shape index (κ3) is 1.82. The predicted molar refractivity (Wildman–Crippen MR) is 60.4 cm³/mol. The summed E-state index contributed by atoms with van der Waals surface area (Å²) in [6.45, 7) is 3.59. The molecule has 0 bridgehead atoms. The van der Waals surface area contributed by atoms with Crippen LogP contribution >= 0.6 is 11.8 Å². The van der Waals surface area contributed by atoms with Crippen molar-refractivity contribution in [3.8, 4) is 0 Å². The van der Waals surface area contributed by atoms with Crippen LogP contribution in [0.15, 0.2) is 11.8 Å². The summed E-state index contributed by atoms with van der Waals surface area (Å²) in [6, 6.07) is -0.427. The van der Waals surface area contributed by atoms with E-state index in [-0.39, 0.29) is 23.4 Å². The minimum absolute atomic E-state index is 0.0110. The number of nitrogens with zero attached hydrogens (tertiary/aromatic N) is 1. The molecule has 1 unspecified atom stereocenters. The molecule has 2 rings (SSSR count). The minimum Gasteiger partial charge on any atom is -0.460 e. The van der Waals surface area contributed by atoms with Gasteiger partial charge < -0.3 is 15.4 Å². The maximum atomic E-state index is 11.6. The molecule has 0 aliphatic carbocycles. The number of carbonyl (C=O) groups is 2. The number of ether oxygens (including phenoxy) is 1. The van der Waals surface area contributed by atoms with E-state index in [1.165, 1.54) is 16.7 Å². The van der Waals surface area contributed by atoms with Gasteiger partial charge >= 0.3 is 5.97 Å². The molecule has 2 heterocycles. The lowest BCUT2D eigenvalue weighted by atomic mass is 10.1. The van der Waals surface area contributed by atoms with Crippen LogP contribution in [0.2, 0.25) is 0 Å². The molecule has 0 spiro atoms. The van der Waals surface area contributed by atoms with Crippen LogP contribution < -0.4 is 5.73 Å². The van der Waals surface area contributed by atoms with Crippen LogP contribution in [0.3, 0.4) is 0 Å². The molecule has 6 heteroatoms. The first-order valence-electron chi connectivity index (χ1n) is 5.11. The summed E-state index contributed by atoms with van der Waals surface area (Å²) in [5.74, 6) is 0.0644. The van der Waals surface area contributed by atoms with E-state index in [1.54, 1.807) is 20.0 Å². The average molecular weight is 242 g/mol. The molecule has 2 aliphatic heterocycles. The van der Waals surface area contributed by atoms with Crippen molar-refractivity contribution in [3.63, 3.8) is 0 Å². The van der Waals surface area contributed by atoms with Crippen molar-refractivity contribution in [1.29, 1.82) is 0 Å². The van der Waals surface area contributed by atoms with Crippen LogP contribution in [0.25, 0.3) is 0 Å². The molecule has 1 saturated heterocycles. The zero-order valence-corrected chi connectivity index (χ0v) is 9.99. The van der Waals surface area contributed by atoms with Gasteiger partial charge in [0.25, 0.3) is 0 Å². The van der Waals surface area contributed by atoms with Crippen LogP contribution in [0, 0.1) is 0 Å². The van der Waals surface area contributed by atoms with Gasteiger partial charge in [-0.15, -0.1) is 11.8 Å². The molecule has 0 aromatic heterocycles. The summed E-state index contributed by atoms with van der Waals surface area (Å²) in [5, 5.41) is -0.0110. The van der Waals surface area contributed by atoms with E-state index in [0.29, 0.717) is 11.3 Å². The van der Waals surface area contributed by atoms with Gasteiger partial charge in [0.2, 0.25) is 5.91 Å². The van der Waals surface area contributed by atoms with Crippen molar-refractivity contribution in [2.45, 2.75) is 31.4 Å². The van der Waals surface area contributed by atoms with Crippen molar-refractivity contribution in [1.82, 2.24) is 4.90 Å². The summed E-state index contributed by atoms with van der Waals surface area (Å²) in [4.78, 5) is 24.5. The number of hydrogen-bond acceptors (Lipinski definition) is 5. The number of thioether (sulfide) groups is 1. The predicted octanol–water partition coefficient (Wildman–Crippen LogP) is 0.0643. The lowest BCUT2D eigenvalue weighted by Gasteiger charge is -2.45. The third-order valence-corrected chi connectivity index (χ3v) is 3.77. The number of carbonyl (C=O) groups excluding carboxylic acids is 2. The van der Waals surface area contributed by atoms with Crippen molar-refractivity contribution in [2.75, 3.05) is 5.75 Å². The average Bonchev–Trinajstić information content (AvgIpc) is 2.26. The highest BCUT2D eigenvalue weighted by Crippen LogP contribution is 2.35. The molecule has 0 aromatic carbocycles. The van der Waals surface area contributed by atoms with Crippen molar-refractivity contribution >= 4 is 23.6 Å². The number of hydrogen-bond donors (Lipinski definition) is 1. The van der Waals surface area contributed by atoms with E-state index in [2.05, 4.69) is 0 Å². The minimum atomic E-state index is -0.427. The number of esters is 1. The molecule has 2 aliphatic rings. The Balaban J connectivity index is 2.06. The molecule has 0 aromatic rings. The number of amides is 1. The molecular formula is C10H14N2O3S. The molecular weight excluding hydrogens is 228 g/mol. The standard InChI is InChI=1S/C10H14N2O3S/c1-5(2)15-10(14)6-3-12-8(13)7(11)9(12)16-4-6/h3,5,7,9H,4,11H2,1-2H3/t7?,9-/m1/s1. The first-order chi connectivity index (χ1) is 7.50. The summed E-state index contributed by atoms with van der Waals surface area (Å²) < 4.78 is 5.07. The van der Waals surface area contributed by atoms with Crippen LogP contribution in [0.1, 0.15) is 13.8 Å². The Morgan fingerprint density at radius 2 is 2.38 bits per heavy atom. The zero-order valence-electron chi connectivity index (χ0n) is 9.17. The Labute approximate surface area is 98.0 Å². The molecule has 2 N–H and O–H groups in total. The van der Waals surface area contributed by atoms with Gasteiger partial charge in [-0.2, -0.15) is 0 Å². The van der Waals surface area contributed by atoms with Crippen molar-refractivity contribution in [3.05, 3.63) is 11.8 Å². The number of β-lactam (4-membered cyclic amide) rings is 1. The molecule has 88 valence electrons. The second-order valence-electron chi connectivity index (χ2n) is 4.08. The Hall–Kier alpha value is -1.01. The lowest BCUT2D eigenvalue weighted by Crippen LogP contribution is -2.66. The fourth-order valence-corrected chi connectivity index (χ4v) is 2.80. The highest BCUT2D eigenvalue weighted by molar-refractivity contribution is 8.00. The Morgan fingerprint density at radius 3 is 3.00 bits per heavy atom. The number of rotatable bonds is 2. The fraction of sp³-hybridized carbons (Fsp3) is 0.600. The zero-order chi connectivity index (χ0) is 11.9. The molecule has 0 radical (unpaired) electrons. The number of nitrogens with two attached hydrogens (primary N) is 1. The van der Waals surface area contributed by atoms with E-state index in [1.807, 2.05) is 0 Å². The first kappa shape index (κ1) is 11.5. The van der Waals surface area contributed by atoms with Gasteiger partial charge in [-0.05, 0) is 13.8 Å². The monoisotopic (exact) mass is 242 g/mol. The molecule has 5 nitrogen and oxygen atoms in total. The van der Waals surface area contributed by atoms with Crippen LogP contribution in [-0.4, -0.2) is 40.0 Å². The topological polar surface area (TPSA) is 72.6 Å². The van der Waals surface area contributed by atoms with Gasteiger partial charge in [-0.1, -0.05) is 0 Å². The first-order valence-corrected chi connectivity index (χ1v) is 6.16. The molecule has 16 heavy (non-hydrogen) atoms. The second-order valence-corrected chi connectivity index (χ2v) is 5.19. The van der Waals surface area contributed by atoms with Gasteiger partial charge in [0.15, 0.2) is 0 Å². The van der Waals surface area contributed by atoms with Gasteiger partial charge in [-0.3, -0.25) is 4.79 Å². The quantitative estimate of drug-likeness (QED) is 0.548. The van der Waals surface area contributed by atoms with E-state index >= 15 is 0 Å². The summed E-state index contributed by atoms with van der Waals surface area (Å²) in [5.41, 5.74) is 6.14. The van der Waals surface area contributed by atoms with Gasteiger partial charge in [0.1, 0.15) is 11.4 Å². The molecule has 0 saturated carbocycles. The molecule has 1 fully saturated rings. The highest BCUT2D eigenvalue weighted by atomic mass is 32.2. The largest absolute Gasteiger partial charge is 0.460 e. The fourth-order valence-electron chi connectivity index (χ4n) is 1.61.